The predicted octanol–water partition coefficient (Wildman–Crippen LogP) is 2.29. The van der Waals surface area contributed by atoms with Gasteiger partial charge in [0.05, 0.1) is 0 Å². The molecule has 1 N–H and O–H groups in total. The number of aromatic nitrogens is 2. The summed E-state index contributed by atoms with van der Waals surface area (Å²) >= 11 is 0. The Morgan fingerprint density at radius 3 is 2.64 bits per heavy atom. The minimum absolute atomic E-state index is 0.273. The van der Waals surface area contributed by atoms with Crippen molar-refractivity contribution >= 4 is 5.91 Å². The highest BCUT2D eigenvalue weighted by Crippen LogP contribution is 2.69. The largest absolute Gasteiger partial charge is 0.355 e. The van der Waals surface area contributed by atoms with E-state index in [0.717, 1.165) is 23.6 Å². The summed E-state index contributed by atoms with van der Waals surface area (Å²) in [6.07, 6.45) is 8.41. The van der Waals surface area contributed by atoms with Crippen LogP contribution >= 0.6 is 0 Å². The molecule has 4 aliphatic carbocycles. The van der Waals surface area contributed by atoms with E-state index in [1.165, 1.54) is 38.5 Å². The third-order valence-electron chi connectivity index (χ3n) is 6.62. The summed E-state index contributed by atoms with van der Waals surface area (Å²) in [7, 11) is 0. The van der Waals surface area contributed by atoms with E-state index in [9.17, 15) is 4.79 Å². The van der Waals surface area contributed by atoms with Crippen molar-refractivity contribution in [2.24, 2.45) is 29.6 Å². The smallest absolute Gasteiger partial charge is 0.229 e. The van der Waals surface area contributed by atoms with Crippen LogP contribution in [0.2, 0.25) is 0 Å². The van der Waals surface area contributed by atoms with E-state index in [4.69, 9.17) is 4.52 Å². The maximum Gasteiger partial charge on any atom is 0.229 e. The van der Waals surface area contributed by atoms with Gasteiger partial charge >= 0.3 is 0 Å². The van der Waals surface area contributed by atoms with Crippen LogP contribution in [0.5, 0.6) is 0 Å². The number of hydrogen-bond donors (Lipinski definition) is 1. The zero-order valence-electron chi connectivity index (χ0n) is 12.8. The molecule has 1 unspecified atom stereocenters. The number of amides is 1. The molecule has 4 saturated carbocycles. The Morgan fingerprint density at radius 2 is 1.95 bits per heavy atom. The number of hydrogen-bond acceptors (Lipinski definition) is 4. The fraction of sp³-hybridized carbons (Fsp3) is 0.824. The topological polar surface area (TPSA) is 68.0 Å². The van der Waals surface area contributed by atoms with Crippen LogP contribution in [0.1, 0.15) is 56.2 Å². The van der Waals surface area contributed by atoms with Crippen LogP contribution in [0.15, 0.2) is 4.52 Å². The van der Waals surface area contributed by atoms with E-state index in [2.05, 4.69) is 15.5 Å². The average molecular weight is 301 g/mol. The van der Waals surface area contributed by atoms with E-state index in [1.807, 2.05) is 0 Å². The zero-order chi connectivity index (χ0) is 14.7. The highest BCUT2D eigenvalue weighted by molar-refractivity contribution is 5.82. The molecule has 5 heteroatoms. The van der Waals surface area contributed by atoms with Gasteiger partial charge in [0.25, 0.3) is 0 Å². The van der Waals surface area contributed by atoms with Crippen LogP contribution in [0.25, 0.3) is 0 Å². The lowest BCUT2D eigenvalue weighted by molar-refractivity contribution is -0.123. The molecule has 1 aromatic rings. The summed E-state index contributed by atoms with van der Waals surface area (Å²) in [6.45, 7) is 0.633. The van der Waals surface area contributed by atoms with Crippen LogP contribution in [0, 0.1) is 29.6 Å². The quantitative estimate of drug-likeness (QED) is 0.906. The Bertz CT molecular complexity index is 578. The van der Waals surface area contributed by atoms with E-state index >= 15 is 0 Å². The van der Waals surface area contributed by atoms with Crippen LogP contribution in [-0.2, 0) is 11.2 Å². The Labute approximate surface area is 130 Å². The molecule has 2 bridgehead atoms. The molecule has 0 aliphatic heterocycles. The molecule has 5 atom stereocenters. The molecule has 118 valence electrons. The number of nitrogens with zero attached hydrogens (tertiary/aromatic N) is 2. The van der Waals surface area contributed by atoms with Gasteiger partial charge in [-0.2, -0.15) is 4.98 Å². The van der Waals surface area contributed by atoms with Crippen molar-refractivity contribution in [2.45, 2.75) is 50.9 Å². The second kappa shape index (κ2) is 4.80. The van der Waals surface area contributed by atoms with Crippen molar-refractivity contribution in [1.82, 2.24) is 15.5 Å². The second-order valence-corrected chi connectivity index (χ2v) is 7.73. The minimum atomic E-state index is 0.273. The van der Waals surface area contributed by atoms with Gasteiger partial charge in [-0.25, -0.2) is 0 Å². The molecule has 1 aromatic heterocycles. The third kappa shape index (κ3) is 1.94. The molecule has 4 fully saturated rings. The lowest BCUT2D eigenvalue weighted by Crippen LogP contribution is -2.29. The maximum atomic E-state index is 12.3. The number of nitrogens with one attached hydrogen (secondary N) is 1. The summed E-state index contributed by atoms with van der Waals surface area (Å²) in [5.41, 5.74) is 0. The van der Waals surface area contributed by atoms with E-state index < -0.39 is 0 Å². The van der Waals surface area contributed by atoms with Crippen LogP contribution in [0.4, 0.5) is 0 Å². The molecule has 22 heavy (non-hydrogen) atoms. The lowest BCUT2D eigenvalue weighted by atomic mass is 9.85. The lowest BCUT2D eigenvalue weighted by Gasteiger charge is -2.20. The van der Waals surface area contributed by atoms with Gasteiger partial charge in [-0.3, -0.25) is 4.79 Å². The number of fused-ring (bicyclic) bond motifs is 5. The number of carbonyl (C=O) groups excluding carboxylic acids is 1. The molecule has 1 heterocycles. The molecule has 4 aliphatic rings. The maximum absolute atomic E-state index is 12.3. The molecule has 5 rings (SSSR count). The molecular formula is C17H23N3O2. The van der Waals surface area contributed by atoms with Gasteiger partial charge in [-0.05, 0) is 55.8 Å². The van der Waals surface area contributed by atoms with Gasteiger partial charge in [0.2, 0.25) is 11.8 Å². The Morgan fingerprint density at radius 1 is 1.18 bits per heavy atom. The summed E-state index contributed by atoms with van der Waals surface area (Å²) in [5, 5.41) is 7.13. The summed E-state index contributed by atoms with van der Waals surface area (Å²) in [4.78, 5) is 16.8. The molecular weight excluding hydrogens is 278 g/mol. The van der Waals surface area contributed by atoms with Crippen LogP contribution in [0.3, 0.4) is 0 Å². The van der Waals surface area contributed by atoms with Gasteiger partial charge in [-0.15, -0.1) is 0 Å². The van der Waals surface area contributed by atoms with Crippen molar-refractivity contribution in [2.75, 3.05) is 6.54 Å². The first-order valence-corrected chi connectivity index (χ1v) is 8.91. The minimum Gasteiger partial charge on any atom is -0.355 e. The first-order valence-electron chi connectivity index (χ1n) is 8.91. The van der Waals surface area contributed by atoms with Gasteiger partial charge in [0, 0.05) is 24.8 Å². The van der Waals surface area contributed by atoms with Gasteiger partial charge < -0.3 is 9.84 Å². The fourth-order valence-electron chi connectivity index (χ4n) is 5.28. The molecule has 0 radical (unpaired) electrons. The summed E-state index contributed by atoms with van der Waals surface area (Å²) < 4.78 is 5.31. The van der Waals surface area contributed by atoms with Crippen molar-refractivity contribution in [3.05, 3.63) is 11.7 Å². The van der Waals surface area contributed by atoms with Crippen molar-refractivity contribution in [1.29, 1.82) is 0 Å². The molecule has 1 amide bonds. The zero-order valence-corrected chi connectivity index (χ0v) is 12.8. The Kier molecular flexibility index (Phi) is 2.86. The molecule has 5 nitrogen and oxygen atoms in total. The van der Waals surface area contributed by atoms with Crippen molar-refractivity contribution in [3.63, 3.8) is 0 Å². The van der Waals surface area contributed by atoms with Crippen molar-refractivity contribution in [3.8, 4) is 0 Å². The Balaban J connectivity index is 1.11. The summed E-state index contributed by atoms with van der Waals surface area (Å²) in [6, 6.07) is 0. The first-order chi connectivity index (χ1) is 10.8. The molecule has 0 saturated heterocycles. The first kappa shape index (κ1) is 13.1. The normalized spacial score (nSPS) is 38.6. The fourth-order valence-corrected chi connectivity index (χ4v) is 5.28. The Hall–Kier alpha value is -1.39. The summed E-state index contributed by atoms with van der Waals surface area (Å²) in [5.74, 6) is 5.75. The average Bonchev–Trinajstić information content (AvgIpc) is 2.80. The van der Waals surface area contributed by atoms with E-state index in [0.29, 0.717) is 36.6 Å². The van der Waals surface area contributed by atoms with Crippen molar-refractivity contribution < 1.29 is 9.32 Å². The number of carbonyl (C=O) groups is 1. The highest BCUT2D eigenvalue weighted by atomic mass is 16.5. The highest BCUT2D eigenvalue weighted by Gasteiger charge is 2.67. The SMILES string of the molecule is O=C(NCCc1noc(C2CCC2)n1)C1[C@@H]2[C@H]3CC[C@H](C3)[C@H]12. The second-order valence-electron chi connectivity index (χ2n) is 7.73. The molecule has 0 aromatic carbocycles. The monoisotopic (exact) mass is 301 g/mol. The number of rotatable bonds is 5. The van der Waals surface area contributed by atoms with Crippen LogP contribution in [-0.4, -0.2) is 22.6 Å². The van der Waals surface area contributed by atoms with Gasteiger partial charge in [-0.1, -0.05) is 11.6 Å². The van der Waals surface area contributed by atoms with E-state index in [-0.39, 0.29) is 5.91 Å². The van der Waals surface area contributed by atoms with Gasteiger partial charge in [0.15, 0.2) is 5.82 Å². The third-order valence-corrected chi connectivity index (χ3v) is 6.62. The van der Waals surface area contributed by atoms with Crippen LogP contribution < -0.4 is 5.32 Å². The van der Waals surface area contributed by atoms with E-state index in [1.54, 1.807) is 0 Å². The standard InChI is InChI=1S/C17H23N3O2/c21-16(15-13-10-4-5-11(8-10)14(13)15)18-7-6-12-19-17(22-20-12)9-2-1-3-9/h9-11,13-15H,1-8H2,(H,18,21)/t10-,11+,13+,14-,15?. The van der Waals surface area contributed by atoms with Gasteiger partial charge in [0.1, 0.15) is 0 Å². The molecule has 0 spiro atoms. The predicted molar refractivity (Wildman–Crippen MR) is 78.9 cm³/mol.